The molecule has 106 valence electrons. The zero-order valence-electron chi connectivity index (χ0n) is 12.0. The zero-order chi connectivity index (χ0) is 14.6. The van der Waals surface area contributed by atoms with Crippen LogP contribution in [0.15, 0.2) is 60.7 Å². The Labute approximate surface area is 120 Å². The van der Waals surface area contributed by atoms with Gasteiger partial charge in [0, 0.05) is 5.41 Å². The largest absolute Gasteiger partial charge is 0.390 e. The van der Waals surface area contributed by atoms with Crippen LogP contribution in [0.5, 0.6) is 0 Å². The van der Waals surface area contributed by atoms with E-state index >= 15 is 0 Å². The minimum absolute atomic E-state index is 0.524. The third-order valence-corrected chi connectivity index (χ3v) is 4.12. The first-order valence-electron chi connectivity index (χ1n) is 7.08. The maximum absolute atomic E-state index is 10.7. The predicted molar refractivity (Wildman–Crippen MR) is 81.6 cm³/mol. The van der Waals surface area contributed by atoms with Gasteiger partial charge in [0.1, 0.15) is 0 Å². The van der Waals surface area contributed by atoms with Crippen LogP contribution in [0.4, 0.5) is 0 Å². The summed E-state index contributed by atoms with van der Waals surface area (Å²) in [6, 6.07) is 19.7. The molecule has 20 heavy (non-hydrogen) atoms. The molecule has 2 atom stereocenters. The van der Waals surface area contributed by atoms with E-state index in [1.807, 2.05) is 74.5 Å². The van der Waals surface area contributed by atoms with Crippen LogP contribution in [0.2, 0.25) is 0 Å². The van der Waals surface area contributed by atoms with Crippen molar-refractivity contribution in [1.82, 2.24) is 0 Å². The summed E-state index contributed by atoms with van der Waals surface area (Å²) >= 11 is 0. The summed E-state index contributed by atoms with van der Waals surface area (Å²) in [5.41, 5.74) is 1.38. The van der Waals surface area contributed by atoms with E-state index in [1.54, 1.807) is 0 Å². The van der Waals surface area contributed by atoms with E-state index in [-0.39, 0.29) is 0 Å². The molecule has 0 aromatic heterocycles. The number of rotatable bonds is 5. The molecular weight excluding hydrogens is 248 g/mol. The Morgan fingerprint density at radius 1 is 0.850 bits per heavy atom. The van der Waals surface area contributed by atoms with Crippen molar-refractivity contribution < 1.29 is 10.2 Å². The molecule has 2 aromatic rings. The van der Waals surface area contributed by atoms with Crippen LogP contribution in [-0.2, 0) is 5.41 Å². The Bertz CT molecular complexity index is 482. The first-order valence-corrected chi connectivity index (χ1v) is 7.08. The average Bonchev–Trinajstić information content (AvgIpc) is 2.54. The number of aliphatic hydroxyl groups excluding tert-OH is 2. The molecule has 2 N–H and O–H groups in total. The van der Waals surface area contributed by atoms with Gasteiger partial charge < -0.3 is 10.2 Å². The minimum Gasteiger partial charge on any atom is -0.390 e. The highest BCUT2D eigenvalue weighted by Gasteiger charge is 2.39. The molecule has 0 aliphatic carbocycles. The second-order valence-corrected chi connectivity index (χ2v) is 5.35. The maximum Gasteiger partial charge on any atom is 0.0933 e. The third kappa shape index (κ3) is 2.62. The average molecular weight is 270 g/mol. The standard InChI is InChI=1S/C18H22O2/c1-3-16(19)17(20)18(2,14-10-6-4-7-11-14)15-12-8-5-9-13-15/h4-13,16-17,19-20H,3H2,1-2H3. The molecule has 2 rings (SSSR count). The fourth-order valence-corrected chi connectivity index (χ4v) is 2.68. The van der Waals surface area contributed by atoms with Gasteiger partial charge in [-0.3, -0.25) is 0 Å². The SMILES string of the molecule is CCC(O)C(O)C(C)(c1ccccc1)c1ccccc1. The van der Waals surface area contributed by atoms with Crippen LogP contribution in [0.25, 0.3) is 0 Å². The highest BCUT2D eigenvalue weighted by Crippen LogP contribution is 2.37. The fraction of sp³-hybridized carbons (Fsp3) is 0.333. The second-order valence-electron chi connectivity index (χ2n) is 5.35. The van der Waals surface area contributed by atoms with Crippen molar-refractivity contribution in [3.05, 3.63) is 71.8 Å². The smallest absolute Gasteiger partial charge is 0.0933 e. The minimum atomic E-state index is -0.850. The van der Waals surface area contributed by atoms with Crippen LogP contribution >= 0.6 is 0 Å². The monoisotopic (exact) mass is 270 g/mol. The molecular formula is C18H22O2. The molecule has 0 aliphatic rings. The second kappa shape index (κ2) is 6.21. The van der Waals surface area contributed by atoms with Crippen molar-refractivity contribution in [3.63, 3.8) is 0 Å². The van der Waals surface area contributed by atoms with Crippen LogP contribution < -0.4 is 0 Å². The molecule has 0 radical (unpaired) electrons. The van der Waals surface area contributed by atoms with E-state index in [0.717, 1.165) is 11.1 Å². The molecule has 0 saturated heterocycles. The molecule has 0 amide bonds. The van der Waals surface area contributed by atoms with E-state index < -0.39 is 17.6 Å². The normalized spacial score (nSPS) is 14.8. The van der Waals surface area contributed by atoms with Gasteiger partial charge in [-0.05, 0) is 24.5 Å². The molecule has 0 aliphatic heterocycles. The summed E-state index contributed by atoms with van der Waals surface area (Å²) in [6.45, 7) is 3.87. The number of hydrogen-bond acceptors (Lipinski definition) is 2. The Hall–Kier alpha value is -1.64. The van der Waals surface area contributed by atoms with Gasteiger partial charge in [0.25, 0.3) is 0 Å². The van der Waals surface area contributed by atoms with E-state index in [9.17, 15) is 10.2 Å². The predicted octanol–water partition coefficient (Wildman–Crippen LogP) is 3.12. The van der Waals surface area contributed by atoms with Gasteiger partial charge in [0.05, 0.1) is 12.2 Å². The van der Waals surface area contributed by atoms with Crippen LogP contribution in [-0.4, -0.2) is 22.4 Å². The Morgan fingerprint density at radius 3 is 1.60 bits per heavy atom. The molecule has 2 heteroatoms. The lowest BCUT2D eigenvalue weighted by atomic mass is 9.70. The van der Waals surface area contributed by atoms with Gasteiger partial charge in [-0.25, -0.2) is 0 Å². The van der Waals surface area contributed by atoms with Gasteiger partial charge >= 0.3 is 0 Å². The Morgan fingerprint density at radius 2 is 1.25 bits per heavy atom. The first kappa shape index (κ1) is 14.8. The van der Waals surface area contributed by atoms with E-state index in [4.69, 9.17) is 0 Å². The van der Waals surface area contributed by atoms with Crippen molar-refractivity contribution in [2.75, 3.05) is 0 Å². The lowest BCUT2D eigenvalue weighted by Gasteiger charge is -2.38. The molecule has 2 aromatic carbocycles. The van der Waals surface area contributed by atoms with E-state index in [2.05, 4.69) is 0 Å². The zero-order valence-corrected chi connectivity index (χ0v) is 12.0. The highest BCUT2D eigenvalue weighted by molar-refractivity contribution is 5.40. The molecule has 0 spiro atoms. The number of aliphatic hydroxyl groups is 2. The maximum atomic E-state index is 10.7. The van der Waals surface area contributed by atoms with Crippen LogP contribution in [0.1, 0.15) is 31.4 Å². The van der Waals surface area contributed by atoms with Gasteiger partial charge in [-0.15, -0.1) is 0 Å². The van der Waals surface area contributed by atoms with Crippen molar-refractivity contribution in [3.8, 4) is 0 Å². The highest BCUT2D eigenvalue weighted by atomic mass is 16.3. The molecule has 2 nitrogen and oxygen atoms in total. The summed E-state index contributed by atoms with van der Waals surface area (Å²) < 4.78 is 0. The van der Waals surface area contributed by atoms with Crippen LogP contribution in [0.3, 0.4) is 0 Å². The lowest BCUT2D eigenvalue weighted by Crippen LogP contribution is -2.45. The van der Waals surface area contributed by atoms with Crippen molar-refractivity contribution in [1.29, 1.82) is 0 Å². The summed E-state index contributed by atoms with van der Waals surface area (Å²) in [7, 11) is 0. The molecule has 0 saturated carbocycles. The molecule has 0 fully saturated rings. The summed E-state index contributed by atoms with van der Waals surface area (Å²) in [5, 5.41) is 20.8. The quantitative estimate of drug-likeness (QED) is 0.876. The van der Waals surface area contributed by atoms with E-state index in [1.165, 1.54) is 0 Å². The van der Waals surface area contributed by atoms with Crippen molar-refractivity contribution >= 4 is 0 Å². The van der Waals surface area contributed by atoms with Crippen molar-refractivity contribution in [2.24, 2.45) is 0 Å². The van der Waals surface area contributed by atoms with Crippen molar-refractivity contribution in [2.45, 2.75) is 37.9 Å². The topological polar surface area (TPSA) is 40.5 Å². The Balaban J connectivity index is 2.55. The lowest BCUT2D eigenvalue weighted by molar-refractivity contribution is -0.0172. The fourth-order valence-electron chi connectivity index (χ4n) is 2.68. The van der Waals surface area contributed by atoms with Gasteiger partial charge in [0.2, 0.25) is 0 Å². The summed E-state index contributed by atoms with van der Waals surface area (Å²) in [4.78, 5) is 0. The molecule has 2 unspecified atom stereocenters. The van der Waals surface area contributed by atoms with Gasteiger partial charge in [-0.2, -0.15) is 0 Å². The van der Waals surface area contributed by atoms with Crippen LogP contribution in [0, 0.1) is 0 Å². The molecule has 0 heterocycles. The Kier molecular flexibility index (Phi) is 4.58. The van der Waals surface area contributed by atoms with Gasteiger partial charge in [0.15, 0.2) is 0 Å². The summed E-state index contributed by atoms with van der Waals surface area (Å²) in [5.74, 6) is 0. The number of benzene rings is 2. The van der Waals surface area contributed by atoms with E-state index in [0.29, 0.717) is 6.42 Å². The first-order chi connectivity index (χ1) is 9.60. The summed E-state index contributed by atoms with van der Waals surface area (Å²) in [6.07, 6.45) is -1.08. The third-order valence-electron chi connectivity index (χ3n) is 4.12. The number of hydrogen-bond donors (Lipinski definition) is 2. The van der Waals surface area contributed by atoms with Gasteiger partial charge in [-0.1, -0.05) is 67.6 Å². The molecule has 0 bridgehead atoms.